The van der Waals surface area contributed by atoms with Gasteiger partial charge in [0.25, 0.3) is 5.91 Å². The van der Waals surface area contributed by atoms with Gasteiger partial charge in [0.2, 0.25) is 0 Å². The predicted molar refractivity (Wildman–Crippen MR) is 91.0 cm³/mol. The number of hydrogen-bond acceptors (Lipinski definition) is 4. The largest absolute Gasteiger partial charge is 0.497 e. The fourth-order valence-corrected chi connectivity index (χ4v) is 3.56. The number of benzene rings is 1. The number of amides is 1. The zero-order valence-corrected chi connectivity index (χ0v) is 13.8. The lowest BCUT2D eigenvalue weighted by Crippen LogP contribution is -2.47. The molecule has 2 aliphatic rings. The first-order valence-electron chi connectivity index (χ1n) is 8.53. The Labute approximate surface area is 141 Å². The molecule has 2 heterocycles. The lowest BCUT2D eigenvalue weighted by molar-refractivity contribution is 0.0896. The Kier molecular flexibility index (Phi) is 3.98. The minimum atomic E-state index is -0.0632. The van der Waals surface area contributed by atoms with E-state index in [1.807, 2.05) is 35.0 Å². The number of nitrogens with zero attached hydrogens (tertiary/aromatic N) is 2. The van der Waals surface area contributed by atoms with Gasteiger partial charge in [0, 0.05) is 11.6 Å². The van der Waals surface area contributed by atoms with Crippen molar-refractivity contribution < 1.29 is 9.53 Å². The molecular formula is C18H22N4O2. The zero-order valence-electron chi connectivity index (χ0n) is 13.8. The van der Waals surface area contributed by atoms with Crippen molar-refractivity contribution in [2.75, 3.05) is 13.7 Å². The normalized spacial score (nSPS) is 20.7. The summed E-state index contributed by atoms with van der Waals surface area (Å²) in [6, 6.07) is 10.1. The van der Waals surface area contributed by atoms with E-state index in [9.17, 15) is 4.79 Å². The molecule has 126 valence electrons. The summed E-state index contributed by atoms with van der Waals surface area (Å²) in [5, 5.41) is 11.3. The van der Waals surface area contributed by atoms with Crippen LogP contribution in [0, 0.1) is 0 Å². The molecule has 1 aromatic heterocycles. The highest BCUT2D eigenvalue weighted by Gasteiger charge is 2.29. The smallest absolute Gasteiger partial charge is 0.269 e. The van der Waals surface area contributed by atoms with Crippen LogP contribution in [0.3, 0.4) is 0 Å². The molecule has 2 N–H and O–H groups in total. The Morgan fingerprint density at radius 2 is 2.00 bits per heavy atom. The molecule has 1 aliphatic carbocycles. The SMILES string of the molecule is COc1ccc(-c2cc3n(n2)C(NC2CCCC2)CNC3=O)cc1. The van der Waals surface area contributed by atoms with Gasteiger partial charge in [-0.2, -0.15) is 5.10 Å². The van der Waals surface area contributed by atoms with Crippen LogP contribution in [0.5, 0.6) is 5.75 Å². The van der Waals surface area contributed by atoms with Gasteiger partial charge in [0.1, 0.15) is 17.6 Å². The number of carbonyl (C=O) groups excluding carboxylic acids is 1. The van der Waals surface area contributed by atoms with Crippen LogP contribution >= 0.6 is 0 Å². The zero-order chi connectivity index (χ0) is 16.5. The van der Waals surface area contributed by atoms with Gasteiger partial charge in [0.05, 0.1) is 19.3 Å². The molecular weight excluding hydrogens is 304 g/mol. The topological polar surface area (TPSA) is 68.2 Å². The van der Waals surface area contributed by atoms with Crippen molar-refractivity contribution in [1.82, 2.24) is 20.4 Å². The van der Waals surface area contributed by atoms with Gasteiger partial charge in [0.15, 0.2) is 0 Å². The minimum Gasteiger partial charge on any atom is -0.497 e. The average Bonchev–Trinajstić information content (AvgIpc) is 3.27. The van der Waals surface area contributed by atoms with Crippen LogP contribution in [0.4, 0.5) is 0 Å². The second-order valence-corrected chi connectivity index (χ2v) is 6.46. The van der Waals surface area contributed by atoms with Crippen LogP contribution in [0.1, 0.15) is 42.3 Å². The maximum absolute atomic E-state index is 12.2. The lowest BCUT2D eigenvalue weighted by Gasteiger charge is -2.28. The van der Waals surface area contributed by atoms with E-state index in [4.69, 9.17) is 9.84 Å². The third kappa shape index (κ3) is 2.78. The summed E-state index contributed by atoms with van der Waals surface area (Å²) in [4.78, 5) is 12.2. The second-order valence-electron chi connectivity index (χ2n) is 6.46. The molecule has 6 heteroatoms. The number of ether oxygens (including phenoxy) is 1. The molecule has 1 unspecified atom stereocenters. The standard InChI is InChI=1S/C18H22N4O2/c1-24-14-8-6-12(7-9-14)15-10-16-18(23)19-11-17(22(16)21-15)20-13-4-2-3-5-13/h6-10,13,17,20H,2-5,11H2,1H3,(H,19,23). The van der Waals surface area contributed by atoms with E-state index in [0.29, 0.717) is 18.3 Å². The highest BCUT2D eigenvalue weighted by molar-refractivity contribution is 5.94. The molecule has 1 saturated carbocycles. The molecule has 1 aliphatic heterocycles. The van der Waals surface area contributed by atoms with Crippen LogP contribution in [-0.2, 0) is 0 Å². The fourth-order valence-electron chi connectivity index (χ4n) is 3.56. The summed E-state index contributed by atoms with van der Waals surface area (Å²) < 4.78 is 7.04. The molecule has 1 fully saturated rings. The Balaban J connectivity index is 1.63. The van der Waals surface area contributed by atoms with Gasteiger partial charge >= 0.3 is 0 Å². The van der Waals surface area contributed by atoms with Gasteiger partial charge < -0.3 is 10.1 Å². The molecule has 0 radical (unpaired) electrons. The third-order valence-electron chi connectivity index (χ3n) is 4.89. The molecule has 6 nitrogen and oxygen atoms in total. The summed E-state index contributed by atoms with van der Waals surface area (Å²) >= 11 is 0. The molecule has 4 rings (SSSR count). The summed E-state index contributed by atoms with van der Waals surface area (Å²) in [5.41, 5.74) is 2.40. The first-order valence-corrected chi connectivity index (χ1v) is 8.53. The van der Waals surface area contributed by atoms with Crippen LogP contribution in [0.2, 0.25) is 0 Å². The van der Waals surface area contributed by atoms with Crippen molar-refractivity contribution in [3.63, 3.8) is 0 Å². The number of fused-ring (bicyclic) bond motifs is 1. The van der Waals surface area contributed by atoms with E-state index in [1.54, 1.807) is 7.11 Å². The van der Waals surface area contributed by atoms with Gasteiger partial charge in [-0.15, -0.1) is 0 Å². The Morgan fingerprint density at radius 3 is 2.71 bits per heavy atom. The lowest BCUT2D eigenvalue weighted by atomic mass is 10.1. The van der Waals surface area contributed by atoms with Gasteiger partial charge in [-0.3, -0.25) is 10.1 Å². The quantitative estimate of drug-likeness (QED) is 0.905. The molecule has 1 aromatic carbocycles. The number of nitrogens with one attached hydrogen (secondary N) is 2. The summed E-state index contributed by atoms with van der Waals surface area (Å²) in [7, 11) is 1.65. The van der Waals surface area contributed by atoms with Crippen LogP contribution in [0.15, 0.2) is 30.3 Å². The maximum atomic E-state index is 12.2. The number of methoxy groups -OCH3 is 1. The van der Waals surface area contributed by atoms with Crippen molar-refractivity contribution in [1.29, 1.82) is 0 Å². The molecule has 0 spiro atoms. The summed E-state index contributed by atoms with van der Waals surface area (Å²) in [5.74, 6) is 0.743. The van der Waals surface area contributed by atoms with Crippen molar-refractivity contribution in [3.8, 4) is 17.0 Å². The highest BCUT2D eigenvalue weighted by Crippen LogP contribution is 2.26. The maximum Gasteiger partial charge on any atom is 0.269 e. The van der Waals surface area contributed by atoms with E-state index < -0.39 is 0 Å². The monoisotopic (exact) mass is 326 g/mol. The van der Waals surface area contributed by atoms with Gasteiger partial charge in [-0.25, -0.2) is 4.68 Å². The number of rotatable bonds is 4. The third-order valence-corrected chi connectivity index (χ3v) is 4.89. The summed E-state index contributed by atoms with van der Waals surface area (Å²) in [6.07, 6.45) is 4.98. The Morgan fingerprint density at radius 1 is 1.25 bits per heavy atom. The predicted octanol–water partition coefficient (Wildman–Crippen LogP) is 2.33. The minimum absolute atomic E-state index is 0.0211. The van der Waals surface area contributed by atoms with E-state index in [-0.39, 0.29) is 12.1 Å². The van der Waals surface area contributed by atoms with E-state index in [0.717, 1.165) is 17.0 Å². The molecule has 24 heavy (non-hydrogen) atoms. The van der Waals surface area contributed by atoms with Crippen LogP contribution in [0.25, 0.3) is 11.3 Å². The van der Waals surface area contributed by atoms with Crippen molar-refractivity contribution in [2.45, 2.75) is 37.9 Å². The summed E-state index contributed by atoms with van der Waals surface area (Å²) in [6.45, 7) is 0.575. The number of hydrogen-bond donors (Lipinski definition) is 2. The van der Waals surface area contributed by atoms with E-state index in [1.165, 1.54) is 25.7 Å². The first kappa shape index (κ1) is 15.2. The van der Waals surface area contributed by atoms with Crippen molar-refractivity contribution in [3.05, 3.63) is 36.0 Å². The molecule has 0 saturated heterocycles. The number of aromatic nitrogens is 2. The van der Waals surface area contributed by atoms with Crippen molar-refractivity contribution >= 4 is 5.91 Å². The highest BCUT2D eigenvalue weighted by atomic mass is 16.5. The molecule has 2 aromatic rings. The van der Waals surface area contributed by atoms with Crippen LogP contribution in [-0.4, -0.2) is 35.4 Å². The fraction of sp³-hybridized carbons (Fsp3) is 0.444. The molecule has 1 amide bonds. The molecule has 1 atom stereocenters. The number of carbonyl (C=O) groups is 1. The van der Waals surface area contributed by atoms with E-state index >= 15 is 0 Å². The van der Waals surface area contributed by atoms with Gasteiger partial charge in [-0.05, 0) is 43.2 Å². The Bertz CT molecular complexity index is 732. The Hall–Kier alpha value is -2.34. The first-order chi connectivity index (χ1) is 11.7. The van der Waals surface area contributed by atoms with Gasteiger partial charge in [-0.1, -0.05) is 12.8 Å². The second kappa shape index (κ2) is 6.28. The van der Waals surface area contributed by atoms with E-state index in [2.05, 4.69) is 10.6 Å². The van der Waals surface area contributed by atoms with Crippen molar-refractivity contribution in [2.24, 2.45) is 0 Å². The molecule has 0 bridgehead atoms. The average molecular weight is 326 g/mol. The van der Waals surface area contributed by atoms with Crippen LogP contribution < -0.4 is 15.4 Å².